The van der Waals surface area contributed by atoms with Gasteiger partial charge in [-0.25, -0.2) is 4.63 Å². The molecule has 8 heteroatoms. The monoisotopic (exact) mass is 263 g/mol. The Bertz CT molecular complexity index is 646. The highest BCUT2D eigenvalue weighted by atomic mass is 35.5. The number of anilines is 2. The number of benzene rings is 1. The van der Waals surface area contributed by atoms with Gasteiger partial charge in [0.15, 0.2) is 0 Å². The number of nitrogens with two attached hydrogens (primary N) is 1. The number of rotatable bonds is 2. The first-order chi connectivity index (χ1) is 8.61. The highest BCUT2D eigenvalue weighted by Crippen LogP contribution is 2.21. The van der Waals surface area contributed by atoms with Crippen molar-refractivity contribution in [1.29, 1.82) is 5.26 Å². The molecule has 0 spiro atoms. The van der Waals surface area contributed by atoms with Crippen LogP contribution in [0.2, 0.25) is 5.02 Å². The summed E-state index contributed by atoms with van der Waals surface area (Å²) in [5.74, 6) is -0.763. The van der Waals surface area contributed by atoms with Gasteiger partial charge in [0.1, 0.15) is 6.07 Å². The van der Waals surface area contributed by atoms with Gasteiger partial charge in [0.25, 0.3) is 5.91 Å². The minimum absolute atomic E-state index is 0.131. The third kappa shape index (κ3) is 2.23. The number of aromatic nitrogens is 2. The number of halogens is 1. The molecular weight excluding hydrogens is 258 g/mol. The number of carbonyl (C=O) groups is 1. The summed E-state index contributed by atoms with van der Waals surface area (Å²) >= 11 is 5.78. The van der Waals surface area contributed by atoms with Crippen molar-refractivity contribution in [2.45, 2.75) is 0 Å². The molecule has 2 aromatic rings. The Hall–Kier alpha value is -2.59. The molecule has 90 valence electrons. The Morgan fingerprint density at radius 3 is 2.89 bits per heavy atom. The Morgan fingerprint density at radius 2 is 2.28 bits per heavy atom. The van der Waals surface area contributed by atoms with Gasteiger partial charge < -0.3 is 11.1 Å². The van der Waals surface area contributed by atoms with E-state index in [1.807, 2.05) is 6.07 Å². The molecule has 0 radical (unpaired) electrons. The van der Waals surface area contributed by atoms with E-state index in [0.29, 0.717) is 5.02 Å². The summed E-state index contributed by atoms with van der Waals surface area (Å²) in [6.07, 6.45) is 0. The van der Waals surface area contributed by atoms with E-state index in [-0.39, 0.29) is 22.8 Å². The van der Waals surface area contributed by atoms with Gasteiger partial charge in [0.2, 0.25) is 11.5 Å². The molecule has 0 bridgehead atoms. The highest BCUT2D eigenvalue weighted by Gasteiger charge is 2.17. The molecule has 0 saturated heterocycles. The maximum absolute atomic E-state index is 11.8. The predicted octanol–water partition coefficient (Wildman–Crippen LogP) is 1.43. The molecule has 3 N–H and O–H groups in total. The average Bonchev–Trinajstić information content (AvgIpc) is 2.76. The highest BCUT2D eigenvalue weighted by molar-refractivity contribution is 6.31. The first-order valence-corrected chi connectivity index (χ1v) is 5.08. The fraction of sp³-hybridized carbons (Fsp3) is 0. The maximum Gasteiger partial charge on any atom is 0.281 e. The first kappa shape index (κ1) is 11.9. The molecule has 18 heavy (non-hydrogen) atoms. The van der Waals surface area contributed by atoms with E-state index < -0.39 is 5.91 Å². The van der Waals surface area contributed by atoms with Crippen LogP contribution in [-0.2, 0) is 0 Å². The van der Waals surface area contributed by atoms with E-state index in [4.69, 9.17) is 22.6 Å². The van der Waals surface area contributed by atoms with Crippen LogP contribution in [0.25, 0.3) is 0 Å². The quantitative estimate of drug-likeness (QED) is 0.846. The number of nitrogens with zero attached hydrogens (tertiary/aromatic N) is 3. The molecule has 0 atom stereocenters. The van der Waals surface area contributed by atoms with Crippen molar-refractivity contribution in [1.82, 2.24) is 10.3 Å². The molecular formula is C10H6ClN5O2. The Kier molecular flexibility index (Phi) is 3.12. The molecule has 7 nitrogen and oxygen atoms in total. The van der Waals surface area contributed by atoms with Gasteiger partial charge in [-0.15, -0.1) is 0 Å². The predicted molar refractivity (Wildman–Crippen MR) is 62.8 cm³/mol. The zero-order valence-corrected chi connectivity index (χ0v) is 9.60. The summed E-state index contributed by atoms with van der Waals surface area (Å²) in [5.41, 5.74) is 5.75. The second-order valence-electron chi connectivity index (χ2n) is 3.25. The molecule has 0 aliphatic carbocycles. The van der Waals surface area contributed by atoms with Crippen LogP contribution in [0.5, 0.6) is 0 Å². The number of nitrogen functional groups attached to an aromatic ring is 1. The van der Waals surface area contributed by atoms with Crippen molar-refractivity contribution in [3.05, 3.63) is 34.5 Å². The van der Waals surface area contributed by atoms with Gasteiger partial charge in [0, 0.05) is 5.02 Å². The van der Waals surface area contributed by atoms with Crippen molar-refractivity contribution in [3.8, 4) is 6.07 Å². The lowest BCUT2D eigenvalue weighted by atomic mass is 10.2. The Balaban J connectivity index is 2.30. The molecule has 2 rings (SSSR count). The lowest BCUT2D eigenvalue weighted by Crippen LogP contribution is -2.15. The van der Waals surface area contributed by atoms with Crippen LogP contribution < -0.4 is 11.1 Å². The summed E-state index contributed by atoms with van der Waals surface area (Å²) in [4.78, 5) is 11.8. The summed E-state index contributed by atoms with van der Waals surface area (Å²) in [6, 6.07) is 6.40. The summed E-state index contributed by atoms with van der Waals surface area (Å²) < 4.78 is 4.31. The van der Waals surface area contributed by atoms with Crippen LogP contribution in [0.1, 0.15) is 16.1 Å². The average molecular weight is 264 g/mol. The number of hydrogen-bond donors (Lipinski definition) is 2. The standard InChI is InChI=1S/C10H6ClN5O2/c11-6-2-1-5(4-12)7(3-6)14-10(17)8-9(13)16-18-15-8/h1-3H,(H2,13,16)(H,14,17). The van der Waals surface area contributed by atoms with Crippen LogP contribution in [0.15, 0.2) is 22.8 Å². The number of amides is 1. The SMILES string of the molecule is N#Cc1ccc(Cl)cc1NC(=O)c1nonc1N. The van der Waals surface area contributed by atoms with E-state index in [0.717, 1.165) is 0 Å². The Labute approximate surface area is 106 Å². The minimum Gasteiger partial charge on any atom is -0.379 e. The van der Waals surface area contributed by atoms with Crippen molar-refractivity contribution in [3.63, 3.8) is 0 Å². The molecule has 1 amide bonds. The van der Waals surface area contributed by atoms with Crippen molar-refractivity contribution in [2.75, 3.05) is 11.1 Å². The van der Waals surface area contributed by atoms with E-state index >= 15 is 0 Å². The molecule has 1 aromatic carbocycles. The second kappa shape index (κ2) is 4.73. The normalized spacial score (nSPS) is 9.78. The van der Waals surface area contributed by atoms with Crippen molar-refractivity contribution < 1.29 is 9.42 Å². The second-order valence-corrected chi connectivity index (χ2v) is 3.69. The largest absolute Gasteiger partial charge is 0.379 e. The molecule has 0 saturated carbocycles. The molecule has 0 fully saturated rings. The molecule has 0 aliphatic rings. The van der Waals surface area contributed by atoms with Gasteiger partial charge in [-0.2, -0.15) is 5.26 Å². The van der Waals surface area contributed by atoms with Gasteiger partial charge in [-0.05, 0) is 28.5 Å². The lowest BCUT2D eigenvalue weighted by Gasteiger charge is -2.05. The number of nitrogens with one attached hydrogen (secondary N) is 1. The van der Waals surface area contributed by atoms with Crippen molar-refractivity contribution in [2.24, 2.45) is 0 Å². The maximum atomic E-state index is 11.8. The third-order valence-corrected chi connectivity index (χ3v) is 2.31. The fourth-order valence-electron chi connectivity index (χ4n) is 1.25. The van der Waals surface area contributed by atoms with E-state index in [1.165, 1.54) is 12.1 Å². The summed E-state index contributed by atoms with van der Waals surface area (Å²) in [7, 11) is 0. The van der Waals surface area contributed by atoms with E-state index in [9.17, 15) is 4.79 Å². The molecule has 1 heterocycles. The molecule has 0 aliphatic heterocycles. The first-order valence-electron chi connectivity index (χ1n) is 4.71. The van der Waals surface area contributed by atoms with Gasteiger partial charge >= 0.3 is 0 Å². The third-order valence-electron chi connectivity index (χ3n) is 2.08. The number of hydrogen-bond acceptors (Lipinski definition) is 6. The zero-order valence-electron chi connectivity index (χ0n) is 8.85. The molecule has 0 unspecified atom stereocenters. The van der Waals surface area contributed by atoms with Crippen molar-refractivity contribution >= 4 is 29.0 Å². The van der Waals surface area contributed by atoms with Gasteiger partial charge in [-0.1, -0.05) is 11.6 Å². The van der Waals surface area contributed by atoms with Crippen LogP contribution in [0, 0.1) is 11.3 Å². The summed E-state index contributed by atoms with van der Waals surface area (Å²) in [6.45, 7) is 0. The fourth-order valence-corrected chi connectivity index (χ4v) is 1.42. The van der Waals surface area contributed by atoms with Gasteiger partial charge in [0.05, 0.1) is 11.3 Å². The number of carbonyl (C=O) groups excluding carboxylic acids is 1. The van der Waals surface area contributed by atoms with E-state index in [2.05, 4.69) is 20.3 Å². The topological polar surface area (TPSA) is 118 Å². The zero-order chi connectivity index (χ0) is 13.1. The van der Waals surface area contributed by atoms with Crippen LogP contribution in [0.4, 0.5) is 11.5 Å². The minimum atomic E-state index is -0.632. The van der Waals surface area contributed by atoms with Crippen LogP contribution in [0.3, 0.4) is 0 Å². The number of nitriles is 1. The van der Waals surface area contributed by atoms with Gasteiger partial charge in [-0.3, -0.25) is 4.79 Å². The van der Waals surface area contributed by atoms with Crippen LogP contribution in [-0.4, -0.2) is 16.2 Å². The lowest BCUT2D eigenvalue weighted by molar-refractivity contribution is 0.101. The van der Waals surface area contributed by atoms with Crippen LogP contribution >= 0.6 is 11.6 Å². The molecule has 1 aromatic heterocycles. The van der Waals surface area contributed by atoms with E-state index in [1.54, 1.807) is 6.07 Å². The Morgan fingerprint density at radius 1 is 1.50 bits per heavy atom. The summed E-state index contributed by atoms with van der Waals surface area (Å²) in [5, 5.41) is 18.4. The smallest absolute Gasteiger partial charge is 0.281 e.